The molecule has 8 nitrogen and oxygen atoms in total. The second-order valence-corrected chi connectivity index (χ2v) is 10.4. The molecule has 2 N–H and O–H groups in total. The molecule has 1 aliphatic heterocycles. The third kappa shape index (κ3) is 5.51. The van der Waals surface area contributed by atoms with Crippen molar-refractivity contribution in [2.24, 2.45) is 5.41 Å². The summed E-state index contributed by atoms with van der Waals surface area (Å²) >= 11 is 0. The lowest BCUT2D eigenvalue weighted by Crippen LogP contribution is -2.37. The number of carbonyl (C=O) groups excluding carboxylic acids is 1. The molecule has 0 spiro atoms. The molecule has 0 aliphatic carbocycles. The van der Waals surface area contributed by atoms with Crippen LogP contribution >= 0.6 is 0 Å². The van der Waals surface area contributed by atoms with Crippen molar-refractivity contribution < 1.29 is 13.9 Å². The minimum absolute atomic E-state index is 0.0350. The lowest BCUT2D eigenvalue weighted by Gasteiger charge is -2.30. The van der Waals surface area contributed by atoms with Crippen LogP contribution in [0.2, 0.25) is 0 Å². The van der Waals surface area contributed by atoms with E-state index in [4.69, 9.17) is 9.72 Å². The van der Waals surface area contributed by atoms with Gasteiger partial charge in [0.2, 0.25) is 5.91 Å². The van der Waals surface area contributed by atoms with Crippen molar-refractivity contribution in [2.75, 3.05) is 38.2 Å². The van der Waals surface area contributed by atoms with Crippen LogP contribution in [-0.2, 0) is 11.3 Å². The molecule has 1 saturated heterocycles. The molecule has 0 atom stereocenters. The van der Waals surface area contributed by atoms with Crippen LogP contribution in [-0.4, -0.2) is 54.8 Å². The van der Waals surface area contributed by atoms with Crippen molar-refractivity contribution in [2.45, 2.75) is 40.3 Å². The minimum atomic E-state index is -0.520. The van der Waals surface area contributed by atoms with Crippen molar-refractivity contribution in [3.63, 3.8) is 0 Å². The Morgan fingerprint density at radius 3 is 2.75 bits per heavy atom. The Morgan fingerprint density at radius 1 is 1.25 bits per heavy atom. The number of hydrogen-bond donors (Lipinski definition) is 2. The number of rotatable bonds is 6. The quantitative estimate of drug-likeness (QED) is 0.546. The summed E-state index contributed by atoms with van der Waals surface area (Å²) in [4.78, 5) is 33.5. The van der Waals surface area contributed by atoms with Crippen LogP contribution in [0.15, 0.2) is 41.2 Å². The Kier molecular flexibility index (Phi) is 7.31. The van der Waals surface area contributed by atoms with Gasteiger partial charge in [-0.2, -0.15) is 0 Å². The van der Waals surface area contributed by atoms with E-state index in [-0.39, 0.29) is 41.0 Å². The zero-order chi connectivity index (χ0) is 26.0. The molecule has 1 aliphatic rings. The second kappa shape index (κ2) is 10.3. The summed E-state index contributed by atoms with van der Waals surface area (Å²) in [5, 5.41) is 6.73. The highest BCUT2D eigenvalue weighted by Gasteiger charge is 2.25. The van der Waals surface area contributed by atoms with Crippen LogP contribution < -0.4 is 25.8 Å². The largest absolute Gasteiger partial charge is 0.494 e. The maximum absolute atomic E-state index is 14.1. The number of ether oxygens (including phenoxy) is 1. The van der Waals surface area contributed by atoms with Crippen LogP contribution in [0, 0.1) is 11.2 Å². The first-order valence-corrected chi connectivity index (χ1v) is 12.2. The number of aromatic nitrogens is 2. The highest BCUT2D eigenvalue weighted by atomic mass is 19.1. The topological polar surface area (TPSA) is 88.5 Å². The standard InChI is InChI=1S/C27H34FN5O3/c1-17(2)30-24(34)14-33-25(18-6-8-21(28)23(12-18)36-5)31-22-9-7-19(13-20(22)26(33)35)32-11-10-29-15-27(3,4)16-32/h6-9,12-13,17,29H,10-11,14-16H2,1-5H3,(H,30,34). The SMILES string of the molecule is COc1cc(-c2nc3ccc(N4CCNCC(C)(C)C4)cc3c(=O)n2CC(=O)NC(C)C)ccc1F. The van der Waals surface area contributed by atoms with Crippen molar-refractivity contribution in [3.8, 4) is 17.1 Å². The number of amides is 1. The molecule has 0 saturated carbocycles. The summed E-state index contributed by atoms with van der Waals surface area (Å²) in [5.74, 6) is -0.515. The van der Waals surface area contributed by atoms with Crippen molar-refractivity contribution >= 4 is 22.5 Å². The van der Waals surface area contributed by atoms with Gasteiger partial charge in [0, 0.05) is 43.5 Å². The molecule has 192 valence electrons. The normalized spacial score (nSPS) is 15.7. The molecule has 0 radical (unpaired) electrons. The summed E-state index contributed by atoms with van der Waals surface area (Å²) < 4.78 is 20.6. The number of carbonyl (C=O) groups is 1. The number of hydrogen-bond acceptors (Lipinski definition) is 6. The van der Waals surface area contributed by atoms with Gasteiger partial charge in [0.15, 0.2) is 11.6 Å². The Hall–Kier alpha value is -3.46. The number of nitrogens with zero attached hydrogens (tertiary/aromatic N) is 3. The Bertz CT molecular complexity index is 1330. The van der Waals surface area contributed by atoms with Gasteiger partial charge in [-0.25, -0.2) is 9.37 Å². The Morgan fingerprint density at radius 2 is 2.03 bits per heavy atom. The van der Waals surface area contributed by atoms with Gasteiger partial charge in [0.25, 0.3) is 5.56 Å². The van der Waals surface area contributed by atoms with Gasteiger partial charge in [0.1, 0.15) is 12.4 Å². The van der Waals surface area contributed by atoms with E-state index in [1.165, 1.54) is 29.9 Å². The summed E-state index contributed by atoms with van der Waals surface area (Å²) in [7, 11) is 1.38. The maximum atomic E-state index is 14.1. The molecule has 4 rings (SSSR count). The summed E-state index contributed by atoms with van der Waals surface area (Å²) in [5.41, 5.74) is 1.67. The molecule has 9 heteroatoms. The molecule has 0 unspecified atom stereocenters. The van der Waals surface area contributed by atoms with Gasteiger partial charge in [-0.1, -0.05) is 13.8 Å². The highest BCUT2D eigenvalue weighted by molar-refractivity contribution is 5.85. The van der Waals surface area contributed by atoms with E-state index in [9.17, 15) is 14.0 Å². The molecular weight excluding hydrogens is 461 g/mol. The van der Waals surface area contributed by atoms with E-state index in [2.05, 4.69) is 29.4 Å². The molecule has 2 heterocycles. The smallest absolute Gasteiger partial charge is 0.262 e. The van der Waals surface area contributed by atoms with Gasteiger partial charge >= 0.3 is 0 Å². The fourth-order valence-corrected chi connectivity index (χ4v) is 4.60. The zero-order valence-corrected chi connectivity index (χ0v) is 21.5. The minimum Gasteiger partial charge on any atom is -0.494 e. The monoisotopic (exact) mass is 495 g/mol. The molecule has 0 bridgehead atoms. The molecule has 2 aromatic carbocycles. The molecule has 3 aromatic rings. The number of anilines is 1. The van der Waals surface area contributed by atoms with E-state index >= 15 is 0 Å². The van der Waals surface area contributed by atoms with Crippen LogP contribution in [0.5, 0.6) is 5.75 Å². The van der Waals surface area contributed by atoms with Crippen molar-refractivity contribution in [3.05, 3.63) is 52.6 Å². The number of halogens is 1. The van der Waals surface area contributed by atoms with Gasteiger partial charge in [0.05, 0.1) is 18.0 Å². The van der Waals surface area contributed by atoms with Gasteiger partial charge in [-0.3, -0.25) is 14.2 Å². The van der Waals surface area contributed by atoms with Crippen LogP contribution in [0.1, 0.15) is 27.7 Å². The first-order valence-electron chi connectivity index (χ1n) is 12.2. The first kappa shape index (κ1) is 25.6. The number of nitrogens with one attached hydrogen (secondary N) is 2. The van der Waals surface area contributed by atoms with Gasteiger partial charge < -0.3 is 20.3 Å². The number of fused-ring (bicyclic) bond motifs is 1. The second-order valence-electron chi connectivity index (χ2n) is 10.4. The van der Waals surface area contributed by atoms with Crippen LogP contribution in [0.3, 0.4) is 0 Å². The average molecular weight is 496 g/mol. The Balaban J connectivity index is 1.86. The maximum Gasteiger partial charge on any atom is 0.262 e. The molecule has 1 aromatic heterocycles. The fourth-order valence-electron chi connectivity index (χ4n) is 4.60. The van der Waals surface area contributed by atoms with Crippen molar-refractivity contribution in [1.29, 1.82) is 0 Å². The zero-order valence-electron chi connectivity index (χ0n) is 21.5. The van der Waals surface area contributed by atoms with E-state index in [1.807, 2.05) is 32.0 Å². The van der Waals surface area contributed by atoms with Crippen LogP contribution in [0.4, 0.5) is 10.1 Å². The summed E-state index contributed by atoms with van der Waals surface area (Å²) in [6.07, 6.45) is 0. The van der Waals surface area contributed by atoms with Crippen molar-refractivity contribution in [1.82, 2.24) is 20.2 Å². The molecule has 1 amide bonds. The lowest BCUT2D eigenvalue weighted by atomic mass is 9.93. The number of methoxy groups -OCH3 is 1. The molecular formula is C27H34FN5O3. The molecule has 36 heavy (non-hydrogen) atoms. The van der Waals surface area contributed by atoms with Crippen LogP contribution in [0.25, 0.3) is 22.3 Å². The third-order valence-electron chi connectivity index (χ3n) is 6.24. The number of benzene rings is 2. The highest BCUT2D eigenvalue weighted by Crippen LogP contribution is 2.28. The third-order valence-corrected chi connectivity index (χ3v) is 6.24. The van der Waals surface area contributed by atoms with Gasteiger partial charge in [-0.15, -0.1) is 0 Å². The van der Waals surface area contributed by atoms with E-state index in [1.54, 1.807) is 0 Å². The first-order chi connectivity index (χ1) is 17.1. The average Bonchev–Trinajstić information content (AvgIpc) is 3.00. The lowest BCUT2D eigenvalue weighted by molar-refractivity contribution is -0.122. The fraction of sp³-hybridized carbons (Fsp3) is 0.444. The Labute approximate surface area is 210 Å². The predicted octanol–water partition coefficient (Wildman–Crippen LogP) is 3.17. The van der Waals surface area contributed by atoms with E-state index < -0.39 is 5.82 Å². The predicted molar refractivity (Wildman–Crippen MR) is 140 cm³/mol. The van der Waals surface area contributed by atoms with Gasteiger partial charge in [-0.05, 0) is 55.7 Å². The van der Waals surface area contributed by atoms with E-state index in [0.29, 0.717) is 16.5 Å². The van der Waals surface area contributed by atoms with E-state index in [0.717, 1.165) is 31.9 Å². The summed E-state index contributed by atoms with van der Waals surface area (Å²) in [6.45, 7) is 11.4. The summed E-state index contributed by atoms with van der Waals surface area (Å²) in [6, 6.07) is 9.87. The molecule has 1 fully saturated rings.